The normalized spacial score (nSPS) is 24.5. The molecule has 0 radical (unpaired) electrons. The number of anilines is 1. The molecule has 0 amide bonds. The van der Waals surface area contributed by atoms with E-state index in [1.807, 2.05) is 12.1 Å². The van der Waals surface area contributed by atoms with Gasteiger partial charge in [-0.3, -0.25) is 0 Å². The maximum atomic E-state index is 6.53. The van der Waals surface area contributed by atoms with Crippen LogP contribution in [0.3, 0.4) is 0 Å². The van der Waals surface area contributed by atoms with Crippen molar-refractivity contribution in [1.29, 1.82) is 0 Å². The van der Waals surface area contributed by atoms with E-state index in [9.17, 15) is 0 Å². The van der Waals surface area contributed by atoms with Crippen LogP contribution >= 0.6 is 23.2 Å². The predicted molar refractivity (Wildman–Crippen MR) is 103 cm³/mol. The van der Waals surface area contributed by atoms with Gasteiger partial charge in [0.1, 0.15) is 0 Å². The Morgan fingerprint density at radius 2 is 1.67 bits per heavy atom. The van der Waals surface area contributed by atoms with Crippen molar-refractivity contribution in [3.8, 4) is 0 Å². The van der Waals surface area contributed by atoms with Crippen molar-refractivity contribution in [2.75, 3.05) is 5.32 Å². The number of hydrogen-bond acceptors (Lipinski definition) is 1. The standard InChI is InChI=1S/C21H21Cl2N/c1-11-7-12(2)19(13(3)8-11)21-16-6-4-5-15(16)20-17(23)9-14(22)10-18(20)24-21/h4-5,7-10,15-16,21,24H,6H2,1-3H3. The average Bonchev–Trinajstić information content (AvgIpc) is 2.94. The molecule has 1 nitrogen and oxygen atoms in total. The van der Waals surface area contributed by atoms with Gasteiger partial charge in [-0.1, -0.05) is 53.1 Å². The lowest BCUT2D eigenvalue weighted by atomic mass is 9.75. The summed E-state index contributed by atoms with van der Waals surface area (Å²) in [5.74, 6) is 0.854. The van der Waals surface area contributed by atoms with Crippen LogP contribution in [0.2, 0.25) is 10.0 Å². The van der Waals surface area contributed by atoms with Crippen molar-refractivity contribution >= 4 is 28.9 Å². The Morgan fingerprint density at radius 3 is 2.38 bits per heavy atom. The molecule has 0 bridgehead atoms. The molecule has 2 aromatic rings. The van der Waals surface area contributed by atoms with Gasteiger partial charge in [0.15, 0.2) is 0 Å². The van der Waals surface area contributed by atoms with E-state index in [0.717, 1.165) is 17.1 Å². The van der Waals surface area contributed by atoms with Crippen LogP contribution in [-0.4, -0.2) is 0 Å². The second-order valence-corrected chi connectivity index (χ2v) is 7.98. The molecule has 0 aromatic heterocycles. The van der Waals surface area contributed by atoms with E-state index in [2.05, 4.69) is 50.4 Å². The molecule has 2 aromatic carbocycles. The predicted octanol–water partition coefficient (Wildman–Crippen LogP) is 6.75. The molecule has 1 aliphatic heterocycles. The summed E-state index contributed by atoms with van der Waals surface area (Å²) >= 11 is 12.8. The van der Waals surface area contributed by atoms with Crippen molar-refractivity contribution in [3.05, 3.63) is 74.3 Å². The molecule has 0 spiro atoms. The minimum atomic E-state index is 0.285. The fraction of sp³-hybridized carbons (Fsp3) is 0.333. The molecule has 124 valence electrons. The molecule has 3 atom stereocenters. The van der Waals surface area contributed by atoms with E-state index in [-0.39, 0.29) is 6.04 Å². The Kier molecular flexibility index (Phi) is 3.89. The van der Waals surface area contributed by atoms with Gasteiger partial charge in [-0.15, -0.1) is 0 Å². The summed E-state index contributed by atoms with van der Waals surface area (Å²) in [4.78, 5) is 0. The summed E-state index contributed by atoms with van der Waals surface area (Å²) in [5.41, 5.74) is 7.71. The first-order chi connectivity index (χ1) is 11.5. The summed E-state index contributed by atoms with van der Waals surface area (Å²) in [7, 11) is 0. The van der Waals surface area contributed by atoms with Gasteiger partial charge in [-0.2, -0.15) is 0 Å². The monoisotopic (exact) mass is 357 g/mol. The Balaban J connectivity index is 1.88. The van der Waals surface area contributed by atoms with Gasteiger partial charge in [-0.05, 0) is 61.9 Å². The topological polar surface area (TPSA) is 12.0 Å². The highest BCUT2D eigenvalue weighted by Crippen LogP contribution is 2.53. The smallest absolute Gasteiger partial charge is 0.0559 e. The Labute approximate surface area is 153 Å². The molecule has 0 saturated carbocycles. The number of hydrogen-bond donors (Lipinski definition) is 1. The molecule has 2 aliphatic rings. The third-order valence-electron chi connectivity index (χ3n) is 5.43. The van der Waals surface area contributed by atoms with Crippen molar-refractivity contribution in [3.63, 3.8) is 0 Å². The number of rotatable bonds is 1. The van der Waals surface area contributed by atoms with E-state index >= 15 is 0 Å². The summed E-state index contributed by atoms with van der Waals surface area (Å²) < 4.78 is 0. The van der Waals surface area contributed by atoms with Gasteiger partial charge in [0.25, 0.3) is 0 Å². The van der Waals surface area contributed by atoms with Crippen LogP contribution < -0.4 is 5.32 Å². The van der Waals surface area contributed by atoms with Crippen molar-refractivity contribution in [2.24, 2.45) is 5.92 Å². The van der Waals surface area contributed by atoms with Crippen LogP contribution in [0.1, 0.15) is 46.2 Å². The lowest BCUT2D eigenvalue weighted by molar-refractivity contribution is 0.423. The molecular formula is C21H21Cl2N. The number of halogens is 2. The molecular weight excluding hydrogens is 337 g/mol. The van der Waals surface area contributed by atoms with Crippen LogP contribution in [0.5, 0.6) is 0 Å². The van der Waals surface area contributed by atoms with E-state index in [0.29, 0.717) is 16.9 Å². The molecule has 3 unspecified atom stereocenters. The summed E-state index contributed by atoms with van der Waals surface area (Å²) in [6.07, 6.45) is 5.69. The van der Waals surface area contributed by atoms with Crippen LogP contribution in [0.4, 0.5) is 5.69 Å². The van der Waals surface area contributed by atoms with Gasteiger partial charge in [0.2, 0.25) is 0 Å². The molecule has 24 heavy (non-hydrogen) atoms. The first kappa shape index (κ1) is 16.1. The van der Waals surface area contributed by atoms with E-state index < -0.39 is 0 Å². The maximum absolute atomic E-state index is 6.53. The highest BCUT2D eigenvalue weighted by molar-refractivity contribution is 6.35. The molecule has 3 heteroatoms. The van der Waals surface area contributed by atoms with Crippen LogP contribution in [-0.2, 0) is 0 Å². The first-order valence-corrected chi connectivity index (χ1v) is 9.21. The van der Waals surface area contributed by atoms with Crippen molar-refractivity contribution in [1.82, 2.24) is 0 Å². The third kappa shape index (κ3) is 2.46. The van der Waals surface area contributed by atoms with Gasteiger partial charge >= 0.3 is 0 Å². The first-order valence-electron chi connectivity index (χ1n) is 8.45. The Hall–Kier alpha value is -1.44. The fourth-order valence-electron chi connectivity index (χ4n) is 4.61. The molecule has 4 rings (SSSR count). The van der Waals surface area contributed by atoms with Crippen molar-refractivity contribution in [2.45, 2.75) is 39.2 Å². The quantitative estimate of drug-likeness (QED) is 0.556. The lowest BCUT2D eigenvalue weighted by Gasteiger charge is -2.39. The van der Waals surface area contributed by atoms with E-state index in [4.69, 9.17) is 23.2 Å². The SMILES string of the molecule is Cc1cc(C)c(C2Nc3cc(Cl)cc(Cl)c3C3C=CCC32)c(C)c1. The van der Waals surface area contributed by atoms with Gasteiger partial charge in [0, 0.05) is 27.2 Å². The number of fused-ring (bicyclic) bond motifs is 3. The zero-order valence-corrected chi connectivity index (χ0v) is 15.7. The zero-order valence-electron chi connectivity index (χ0n) is 14.2. The number of aryl methyl sites for hydroxylation is 3. The minimum absolute atomic E-state index is 0.285. The van der Waals surface area contributed by atoms with Crippen LogP contribution in [0.25, 0.3) is 0 Å². The lowest BCUT2D eigenvalue weighted by Crippen LogP contribution is -2.30. The average molecular weight is 358 g/mol. The highest BCUT2D eigenvalue weighted by Gasteiger charge is 2.40. The van der Waals surface area contributed by atoms with Gasteiger partial charge < -0.3 is 5.32 Å². The van der Waals surface area contributed by atoms with E-state index in [1.54, 1.807) is 0 Å². The number of benzene rings is 2. The second kappa shape index (κ2) is 5.82. The molecule has 1 N–H and O–H groups in total. The summed E-state index contributed by atoms with van der Waals surface area (Å²) in [5, 5.41) is 5.21. The summed E-state index contributed by atoms with van der Waals surface area (Å²) in [6, 6.07) is 8.71. The minimum Gasteiger partial charge on any atom is -0.378 e. The largest absolute Gasteiger partial charge is 0.378 e. The molecule has 0 fully saturated rings. The fourth-order valence-corrected chi connectivity index (χ4v) is 5.23. The number of allylic oxidation sites excluding steroid dienone is 2. The zero-order chi connectivity index (χ0) is 17.0. The molecule has 0 saturated heterocycles. The summed E-state index contributed by atoms with van der Waals surface area (Å²) in [6.45, 7) is 6.59. The number of nitrogens with one attached hydrogen (secondary N) is 1. The maximum Gasteiger partial charge on any atom is 0.0559 e. The van der Waals surface area contributed by atoms with Crippen LogP contribution in [0, 0.1) is 26.7 Å². The van der Waals surface area contributed by atoms with E-state index in [1.165, 1.54) is 27.8 Å². The Morgan fingerprint density at radius 1 is 0.958 bits per heavy atom. The van der Waals surface area contributed by atoms with Gasteiger partial charge in [-0.25, -0.2) is 0 Å². The highest BCUT2D eigenvalue weighted by atomic mass is 35.5. The molecule has 1 aliphatic carbocycles. The molecule has 1 heterocycles. The third-order valence-corrected chi connectivity index (χ3v) is 5.96. The second-order valence-electron chi connectivity index (χ2n) is 7.14. The van der Waals surface area contributed by atoms with Crippen LogP contribution in [0.15, 0.2) is 36.4 Å². The Bertz CT molecular complexity index is 830. The van der Waals surface area contributed by atoms with Gasteiger partial charge in [0.05, 0.1) is 6.04 Å². The van der Waals surface area contributed by atoms with Crippen molar-refractivity contribution < 1.29 is 0 Å².